The molecule has 8 heteroatoms. The highest BCUT2D eigenvalue weighted by molar-refractivity contribution is 7.20. The third kappa shape index (κ3) is 3.23. The first-order chi connectivity index (χ1) is 13.4. The second kappa shape index (κ2) is 7.31. The summed E-state index contributed by atoms with van der Waals surface area (Å²) < 4.78 is 7.17. The van der Waals surface area contributed by atoms with E-state index < -0.39 is 12.1 Å². The van der Waals surface area contributed by atoms with Gasteiger partial charge in [0.2, 0.25) is 0 Å². The summed E-state index contributed by atoms with van der Waals surface area (Å²) >= 11 is 1.18. The fourth-order valence-corrected chi connectivity index (χ4v) is 5.09. The van der Waals surface area contributed by atoms with E-state index in [1.165, 1.54) is 11.3 Å². The lowest BCUT2D eigenvalue weighted by atomic mass is 9.99. The van der Waals surface area contributed by atoms with E-state index in [0.717, 1.165) is 31.5 Å². The first kappa shape index (κ1) is 19.1. The van der Waals surface area contributed by atoms with E-state index in [0.29, 0.717) is 46.2 Å². The van der Waals surface area contributed by atoms with E-state index in [-0.39, 0.29) is 11.5 Å². The summed E-state index contributed by atoms with van der Waals surface area (Å²) in [4.78, 5) is 45.4. The van der Waals surface area contributed by atoms with Crippen LogP contribution in [0.4, 0.5) is 0 Å². The minimum atomic E-state index is -0.843. The largest absolute Gasteiger partial charge is 0.448 e. The van der Waals surface area contributed by atoms with Crippen LogP contribution < -0.4 is 5.56 Å². The summed E-state index contributed by atoms with van der Waals surface area (Å²) in [6.07, 6.45) is 2.80. The summed E-state index contributed by atoms with van der Waals surface area (Å²) in [5.41, 5.74) is 0.507. The maximum atomic E-state index is 12.8. The number of nitrogens with zero attached hydrogens (tertiary/aromatic N) is 3. The molecule has 2 aromatic rings. The zero-order valence-electron chi connectivity index (χ0n) is 16.5. The van der Waals surface area contributed by atoms with Gasteiger partial charge in [-0.2, -0.15) is 0 Å². The Morgan fingerprint density at radius 1 is 1.25 bits per heavy atom. The van der Waals surface area contributed by atoms with E-state index >= 15 is 0 Å². The zero-order valence-corrected chi connectivity index (χ0v) is 17.3. The number of hydrogen-bond donors (Lipinski definition) is 0. The Hall–Kier alpha value is -2.22. The molecule has 0 aliphatic carbocycles. The van der Waals surface area contributed by atoms with Crippen molar-refractivity contribution in [3.8, 4) is 0 Å². The van der Waals surface area contributed by atoms with E-state index in [1.807, 2.05) is 0 Å². The third-order valence-corrected chi connectivity index (χ3v) is 6.99. The van der Waals surface area contributed by atoms with Gasteiger partial charge in [0, 0.05) is 26.1 Å². The number of carbonyl (C=O) groups is 2. The molecule has 7 nitrogen and oxygen atoms in total. The molecule has 2 aliphatic heterocycles. The van der Waals surface area contributed by atoms with Crippen molar-refractivity contribution in [2.24, 2.45) is 5.92 Å². The Labute approximate surface area is 167 Å². The van der Waals surface area contributed by atoms with Crippen LogP contribution in [0.2, 0.25) is 0 Å². The highest BCUT2D eigenvalue weighted by Crippen LogP contribution is 2.29. The molecule has 0 spiro atoms. The lowest BCUT2D eigenvalue weighted by Gasteiger charge is -2.31. The maximum Gasteiger partial charge on any atom is 0.349 e. The molecule has 0 radical (unpaired) electrons. The van der Waals surface area contributed by atoms with Crippen LogP contribution in [0.25, 0.3) is 10.2 Å². The number of aromatic nitrogens is 2. The molecule has 1 saturated heterocycles. The molecule has 0 aromatic carbocycles. The second-order valence-electron chi connectivity index (χ2n) is 7.88. The van der Waals surface area contributed by atoms with Gasteiger partial charge in [0.15, 0.2) is 6.10 Å². The summed E-state index contributed by atoms with van der Waals surface area (Å²) in [5.74, 6) is 0.686. The summed E-state index contributed by atoms with van der Waals surface area (Å²) in [5, 5.41) is 0.492. The molecule has 1 amide bonds. The van der Waals surface area contributed by atoms with Gasteiger partial charge in [0.25, 0.3) is 11.5 Å². The number of esters is 1. The van der Waals surface area contributed by atoms with Crippen LogP contribution >= 0.6 is 11.3 Å². The number of amides is 1. The van der Waals surface area contributed by atoms with Crippen LogP contribution in [0.5, 0.6) is 0 Å². The summed E-state index contributed by atoms with van der Waals surface area (Å²) in [6, 6.07) is 0. The van der Waals surface area contributed by atoms with Gasteiger partial charge >= 0.3 is 5.97 Å². The van der Waals surface area contributed by atoms with Crippen molar-refractivity contribution in [1.82, 2.24) is 14.5 Å². The van der Waals surface area contributed by atoms with Gasteiger partial charge in [0.1, 0.15) is 15.5 Å². The lowest BCUT2D eigenvalue weighted by molar-refractivity contribution is -0.141. The molecular weight excluding hydrogens is 378 g/mol. The number of rotatable bonds is 3. The molecule has 1 atom stereocenters. The molecular formula is C20H25N3O4S. The SMILES string of the molecule is Cc1c(C(=O)OC(C)C(=O)N2CCC(C)CC2)sc2nc3n(c(=O)c12)CCC3. The number of fused-ring (bicyclic) bond motifs is 2. The number of piperidine rings is 1. The summed E-state index contributed by atoms with van der Waals surface area (Å²) in [7, 11) is 0. The monoisotopic (exact) mass is 403 g/mol. The third-order valence-electron chi connectivity index (χ3n) is 5.82. The van der Waals surface area contributed by atoms with Crippen LogP contribution in [0, 0.1) is 12.8 Å². The predicted molar refractivity (Wildman–Crippen MR) is 107 cm³/mol. The first-order valence-corrected chi connectivity index (χ1v) is 10.7. The molecule has 2 aliphatic rings. The van der Waals surface area contributed by atoms with Crippen molar-refractivity contribution in [2.45, 2.75) is 59.1 Å². The predicted octanol–water partition coefficient (Wildman–Crippen LogP) is 2.52. The van der Waals surface area contributed by atoms with Crippen LogP contribution in [-0.2, 0) is 22.5 Å². The van der Waals surface area contributed by atoms with Gasteiger partial charge in [-0.15, -0.1) is 11.3 Å². The van der Waals surface area contributed by atoms with Crippen molar-refractivity contribution in [3.63, 3.8) is 0 Å². The number of aryl methyl sites for hydroxylation is 2. The van der Waals surface area contributed by atoms with Crippen molar-refractivity contribution < 1.29 is 14.3 Å². The Balaban J connectivity index is 1.54. The van der Waals surface area contributed by atoms with E-state index in [2.05, 4.69) is 11.9 Å². The van der Waals surface area contributed by atoms with Crippen molar-refractivity contribution in [3.05, 3.63) is 26.6 Å². The first-order valence-electron chi connectivity index (χ1n) is 9.89. The normalized spacial score (nSPS) is 18.3. The van der Waals surface area contributed by atoms with Crippen LogP contribution in [0.3, 0.4) is 0 Å². The van der Waals surface area contributed by atoms with Crippen LogP contribution in [-0.4, -0.2) is 45.5 Å². The topological polar surface area (TPSA) is 81.5 Å². The second-order valence-corrected chi connectivity index (χ2v) is 8.88. The molecule has 0 bridgehead atoms. The number of thiophene rings is 1. The minimum absolute atomic E-state index is 0.0862. The fourth-order valence-electron chi connectivity index (χ4n) is 4.02. The van der Waals surface area contributed by atoms with Gasteiger partial charge in [-0.05, 0) is 44.6 Å². The zero-order chi connectivity index (χ0) is 20.0. The molecule has 0 N–H and O–H groups in total. The average molecular weight is 404 g/mol. The Morgan fingerprint density at radius 2 is 1.96 bits per heavy atom. The van der Waals surface area contributed by atoms with Crippen molar-refractivity contribution in [2.75, 3.05) is 13.1 Å². The smallest absolute Gasteiger partial charge is 0.349 e. The number of ether oxygens (including phenoxy) is 1. The Kier molecular flexibility index (Phi) is 4.99. The lowest BCUT2D eigenvalue weighted by Crippen LogP contribution is -2.44. The van der Waals surface area contributed by atoms with E-state index in [9.17, 15) is 14.4 Å². The van der Waals surface area contributed by atoms with E-state index in [4.69, 9.17) is 4.74 Å². The fraction of sp³-hybridized carbons (Fsp3) is 0.600. The summed E-state index contributed by atoms with van der Waals surface area (Å²) in [6.45, 7) is 7.63. The van der Waals surface area contributed by atoms with Crippen molar-refractivity contribution in [1.29, 1.82) is 0 Å². The van der Waals surface area contributed by atoms with Crippen molar-refractivity contribution >= 4 is 33.4 Å². The number of likely N-dealkylation sites (tertiary alicyclic amines) is 1. The molecule has 2 aromatic heterocycles. The van der Waals surface area contributed by atoms with Crippen LogP contribution in [0.15, 0.2) is 4.79 Å². The Morgan fingerprint density at radius 3 is 2.68 bits per heavy atom. The molecule has 28 heavy (non-hydrogen) atoms. The van der Waals surface area contributed by atoms with Gasteiger partial charge in [-0.1, -0.05) is 6.92 Å². The van der Waals surface area contributed by atoms with Gasteiger partial charge in [0.05, 0.1) is 5.39 Å². The quantitative estimate of drug-likeness (QED) is 0.736. The molecule has 4 heterocycles. The molecule has 1 fully saturated rings. The highest BCUT2D eigenvalue weighted by Gasteiger charge is 2.29. The maximum absolute atomic E-state index is 12.8. The standard InChI is InChI=1S/C20H25N3O4S/c1-11-6-9-22(10-7-11)18(24)13(3)27-20(26)16-12(2)15-17(28-16)21-14-5-4-8-23(14)19(15)25/h11,13H,4-10H2,1-3H3. The molecule has 1 unspecified atom stereocenters. The number of hydrogen-bond acceptors (Lipinski definition) is 6. The molecule has 4 rings (SSSR count). The molecule has 0 saturated carbocycles. The Bertz CT molecular complexity index is 1000. The van der Waals surface area contributed by atoms with Gasteiger partial charge in [-0.3, -0.25) is 14.2 Å². The molecule has 150 valence electrons. The minimum Gasteiger partial charge on any atom is -0.448 e. The average Bonchev–Trinajstić information content (AvgIpc) is 3.27. The highest BCUT2D eigenvalue weighted by atomic mass is 32.1. The number of carbonyl (C=O) groups excluding carboxylic acids is 2. The van der Waals surface area contributed by atoms with Crippen LogP contribution in [0.1, 0.15) is 54.2 Å². The van der Waals surface area contributed by atoms with E-state index in [1.54, 1.807) is 23.3 Å². The van der Waals surface area contributed by atoms with Gasteiger partial charge in [-0.25, -0.2) is 9.78 Å². The van der Waals surface area contributed by atoms with Gasteiger partial charge < -0.3 is 9.64 Å².